The largest absolute Gasteiger partial charge is 0.136 e. The van der Waals surface area contributed by atoms with Gasteiger partial charge in [0.1, 0.15) is 0 Å². The predicted octanol–water partition coefficient (Wildman–Crippen LogP) is 3.09. The van der Waals surface area contributed by atoms with Crippen LogP contribution in [0.5, 0.6) is 0 Å². The lowest BCUT2D eigenvalue weighted by atomic mass is 10.2. The summed E-state index contributed by atoms with van der Waals surface area (Å²) in [5.41, 5.74) is 0. The molecular weight excluding hydrogens is 140 g/mol. The summed E-state index contributed by atoms with van der Waals surface area (Å²) in [6, 6.07) is 0. The average Bonchev–Trinajstić information content (AvgIpc) is 1.67. The molecule has 0 aromatic heterocycles. The van der Waals surface area contributed by atoms with Crippen LogP contribution >= 0.6 is 23.4 Å². The Morgan fingerprint density at radius 3 is 2.25 bits per heavy atom. The van der Waals surface area contributed by atoms with Crippen LogP contribution in [0.2, 0.25) is 0 Å². The molecule has 0 fully saturated rings. The minimum atomic E-state index is 0.476. The van der Waals surface area contributed by atoms with Gasteiger partial charge in [-0.2, -0.15) is 0 Å². The lowest BCUT2D eigenvalue weighted by Crippen LogP contribution is -1.82. The molecule has 0 N–H and O–H groups in total. The van der Waals surface area contributed by atoms with Crippen molar-refractivity contribution in [3.05, 3.63) is 10.4 Å². The predicted molar refractivity (Wildman–Crippen MR) is 42.3 cm³/mol. The van der Waals surface area contributed by atoms with Gasteiger partial charge in [0, 0.05) is 5.03 Å². The minimum Gasteiger partial charge on any atom is -0.136 e. The first kappa shape index (κ1) is 8.38. The van der Waals surface area contributed by atoms with Crippen LogP contribution in [0.25, 0.3) is 0 Å². The molecule has 0 amide bonds. The lowest BCUT2D eigenvalue weighted by molar-refractivity contribution is 0.815. The molecular formula is C6H11ClS. The highest BCUT2D eigenvalue weighted by Crippen LogP contribution is 2.16. The van der Waals surface area contributed by atoms with Gasteiger partial charge in [0.15, 0.2) is 0 Å². The molecule has 0 aliphatic rings. The van der Waals surface area contributed by atoms with Gasteiger partial charge < -0.3 is 0 Å². The van der Waals surface area contributed by atoms with E-state index in [0.717, 1.165) is 5.03 Å². The van der Waals surface area contributed by atoms with Crippen molar-refractivity contribution in [1.29, 1.82) is 0 Å². The SMILES string of the molecule is CS/C=C(/Cl)C(C)C. The van der Waals surface area contributed by atoms with E-state index >= 15 is 0 Å². The second kappa shape index (κ2) is 4.28. The van der Waals surface area contributed by atoms with Gasteiger partial charge >= 0.3 is 0 Å². The second-order valence-corrected chi connectivity index (χ2v) is 3.04. The molecule has 0 rings (SSSR count). The second-order valence-electron chi connectivity index (χ2n) is 1.89. The van der Waals surface area contributed by atoms with Crippen LogP contribution in [0.1, 0.15) is 13.8 Å². The zero-order chi connectivity index (χ0) is 6.57. The number of hydrogen-bond donors (Lipinski definition) is 0. The van der Waals surface area contributed by atoms with Crippen LogP contribution in [0.3, 0.4) is 0 Å². The fourth-order valence-corrected chi connectivity index (χ4v) is 1.01. The smallest absolute Gasteiger partial charge is 0.0269 e. The molecule has 0 spiro atoms. The van der Waals surface area contributed by atoms with Gasteiger partial charge in [-0.1, -0.05) is 25.4 Å². The van der Waals surface area contributed by atoms with Crippen LogP contribution in [0, 0.1) is 5.92 Å². The van der Waals surface area contributed by atoms with Gasteiger partial charge in [-0.15, -0.1) is 11.8 Å². The Balaban J connectivity index is 3.61. The normalized spacial score (nSPS) is 12.9. The quantitative estimate of drug-likeness (QED) is 0.583. The summed E-state index contributed by atoms with van der Waals surface area (Å²) >= 11 is 7.40. The monoisotopic (exact) mass is 150 g/mol. The molecule has 2 heteroatoms. The van der Waals surface area contributed by atoms with Crippen molar-refractivity contribution < 1.29 is 0 Å². The summed E-state index contributed by atoms with van der Waals surface area (Å²) in [6.45, 7) is 4.16. The molecule has 0 aromatic carbocycles. The topological polar surface area (TPSA) is 0 Å². The van der Waals surface area contributed by atoms with Gasteiger partial charge in [-0.05, 0) is 17.6 Å². The third-order valence-corrected chi connectivity index (χ3v) is 1.95. The van der Waals surface area contributed by atoms with E-state index in [-0.39, 0.29) is 0 Å². The fraction of sp³-hybridized carbons (Fsp3) is 0.667. The first-order valence-electron chi connectivity index (χ1n) is 2.56. The Hall–Kier alpha value is 0.380. The molecule has 0 bridgehead atoms. The van der Waals surface area contributed by atoms with Gasteiger partial charge in [0.25, 0.3) is 0 Å². The maximum Gasteiger partial charge on any atom is 0.0269 e. The summed E-state index contributed by atoms with van der Waals surface area (Å²) in [5.74, 6) is 0.476. The maximum atomic E-state index is 5.76. The van der Waals surface area contributed by atoms with E-state index < -0.39 is 0 Å². The van der Waals surface area contributed by atoms with Crippen LogP contribution in [-0.2, 0) is 0 Å². The Morgan fingerprint density at radius 2 is 2.12 bits per heavy atom. The van der Waals surface area contributed by atoms with Crippen molar-refractivity contribution in [2.75, 3.05) is 6.26 Å². The molecule has 0 aliphatic carbocycles. The van der Waals surface area contributed by atoms with E-state index in [2.05, 4.69) is 13.8 Å². The summed E-state index contributed by atoms with van der Waals surface area (Å²) in [7, 11) is 0. The first-order valence-corrected chi connectivity index (χ1v) is 4.23. The molecule has 0 heterocycles. The number of hydrogen-bond acceptors (Lipinski definition) is 1. The van der Waals surface area contributed by atoms with E-state index in [9.17, 15) is 0 Å². The third-order valence-electron chi connectivity index (χ3n) is 0.782. The molecule has 0 atom stereocenters. The van der Waals surface area contributed by atoms with Crippen LogP contribution < -0.4 is 0 Å². The highest BCUT2D eigenvalue weighted by Gasteiger charge is 1.95. The van der Waals surface area contributed by atoms with Gasteiger partial charge in [0.05, 0.1) is 0 Å². The summed E-state index contributed by atoms with van der Waals surface area (Å²) in [4.78, 5) is 0. The molecule has 48 valence electrons. The van der Waals surface area contributed by atoms with Gasteiger partial charge in [0.2, 0.25) is 0 Å². The summed E-state index contributed by atoms with van der Waals surface area (Å²) < 4.78 is 0. The number of halogens is 1. The molecule has 0 aromatic rings. The Kier molecular flexibility index (Phi) is 4.48. The van der Waals surface area contributed by atoms with Crippen molar-refractivity contribution in [2.24, 2.45) is 5.92 Å². The zero-order valence-electron chi connectivity index (χ0n) is 5.44. The van der Waals surface area contributed by atoms with Crippen molar-refractivity contribution >= 4 is 23.4 Å². The minimum absolute atomic E-state index is 0.476. The average molecular weight is 151 g/mol. The Bertz CT molecular complexity index is 86.5. The lowest BCUT2D eigenvalue weighted by Gasteiger charge is -1.98. The van der Waals surface area contributed by atoms with Gasteiger partial charge in [-0.25, -0.2) is 0 Å². The molecule has 0 radical (unpaired) electrons. The Labute approximate surface area is 60.3 Å². The van der Waals surface area contributed by atoms with Crippen LogP contribution in [0.4, 0.5) is 0 Å². The van der Waals surface area contributed by atoms with Gasteiger partial charge in [-0.3, -0.25) is 0 Å². The fourth-order valence-electron chi connectivity index (χ4n) is 0.249. The number of rotatable bonds is 2. The molecule has 0 saturated carbocycles. The molecule has 0 saturated heterocycles. The summed E-state index contributed by atoms with van der Waals surface area (Å²) in [5, 5.41) is 2.91. The van der Waals surface area contributed by atoms with E-state index in [4.69, 9.17) is 11.6 Å². The van der Waals surface area contributed by atoms with Crippen molar-refractivity contribution in [3.63, 3.8) is 0 Å². The molecule has 0 aliphatic heterocycles. The molecule has 8 heavy (non-hydrogen) atoms. The molecule has 0 unspecified atom stereocenters. The number of allylic oxidation sites excluding steroid dienone is 1. The highest BCUT2D eigenvalue weighted by atomic mass is 35.5. The third kappa shape index (κ3) is 3.39. The zero-order valence-corrected chi connectivity index (χ0v) is 7.01. The van der Waals surface area contributed by atoms with E-state index in [1.54, 1.807) is 11.8 Å². The number of thioether (sulfide) groups is 1. The summed E-state index contributed by atoms with van der Waals surface area (Å²) in [6.07, 6.45) is 2.00. The van der Waals surface area contributed by atoms with Crippen molar-refractivity contribution in [3.8, 4) is 0 Å². The maximum absolute atomic E-state index is 5.76. The van der Waals surface area contributed by atoms with Crippen molar-refractivity contribution in [2.45, 2.75) is 13.8 Å². The van der Waals surface area contributed by atoms with E-state index in [1.807, 2.05) is 11.7 Å². The van der Waals surface area contributed by atoms with Crippen molar-refractivity contribution in [1.82, 2.24) is 0 Å². The van der Waals surface area contributed by atoms with E-state index in [0.29, 0.717) is 5.92 Å². The first-order chi connectivity index (χ1) is 3.68. The standard InChI is InChI=1S/C6H11ClS/c1-5(2)6(7)4-8-3/h4-5H,1-3H3/b6-4+. The van der Waals surface area contributed by atoms with Crippen LogP contribution in [0.15, 0.2) is 10.4 Å². The highest BCUT2D eigenvalue weighted by molar-refractivity contribution is 8.01. The van der Waals surface area contributed by atoms with Crippen LogP contribution in [-0.4, -0.2) is 6.26 Å². The molecule has 0 nitrogen and oxygen atoms in total. The Morgan fingerprint density at radius 1 is 1.62 bits per heavy atom. The van der Waals surface area contributed by atoms with E-state index in [1.165, 1.54) is 0 Å².